The highest BCUT2D eigenvalue weighted by Gasteiger charge is 2.32. The van der Waals surface area contributed by atoms with Crippen molar-refractivity contribution < 1.29 is 4.79 Å². The van der Waals surface area contributed by atoms with Gasteiger partial charge in [-0.2, -0.15) is 0 Å². The van der Waals surface area contributed by atoms with Crippen LogP contribution in [-0.4, -0.2) is 52.4 Å². The van der Waals surface area contributed by atoms with Crippen LogP contribution in [0.1, 0.15) is 50.9 Å². The largest absolute Gasteiger partial charge is 0.331 e. The van der Waals surface area contributed by atoms with E-state index >= 15 is 0 Å². The van der Waals surface area contributed by atoms with Crippen LogP contribution in [0.25, 0.3) is 27.4 Å². The van der Waals surface area contributed by atoms with Crippen molar-refractivity contribution in [2.45, 2.75) is 45.1 Å². The molecule has 0 aliphatic heterocycles. The maximum atomic E-state index is 14.0. The maximum absolute atomic E-state index is 14.0. The number of hydrogen-bond donors (Lipinski definition) is 0. The molecule has 192 valence electrons. The van der Waals surface area contributed by atoms with Crippen LogP contribution in [-0.2, 0) is 4.79 Å². The fraction of sp³-hybridized carbons (Fsp3) is 0.387. The Morgan fingerprint density at radius 3 is 2.41 bits per heavy atom. The molecule has 0 bridgehead atoms. The van der Waals surface area contributed by atoms with Gasteiger partial charge in [0.25, 0.3) is 5.56 Å². The van der Waals surface area contributed by atoms with E-state index in [4.69, 9.17) is 4.98 Å². The number of benzene rings is 3. The summed E-state index contributed by atoms with van der Waals surface area (Å²) >= 11 is 0. The van der Waals surface area contributed by atoms with Crippen LogP contribution in [0.3, 0.4) is 0 Å². The molecule has 1 heterocycles. The molecule has 4 aromatic rings. The van der Waals surface area contributed by atoms with E-state index in [0.29, 0.717) is 23.3 Å². The highest BCUT2D eigenvalue weighted by atomic mass is 16.2. The lowest BCUT2D eigenvalue weighted by Gasteiger charge is -2.35. The SMILES string of the molecule is CC(c1nc2ccccc2c(=O)n1-c1ccc2ccccc2c1)N(CCN(C)C)C(=O)C1CCCCC1. The summed E-state index contributed by atoms with van der Waals surface area (Å²) in [5, 5.41) is 2.74. The van der Waals surface area contributed by atoms with E-state index in [2.05, 4.69) is 17.0 Å². The molecule has 1 atom stereocenters. The molecule has 6 nitrogen and oxygen atoms in total. The molecule has 1 aromatic heterocycles. The Morgan fingerprint density at radius 2 is 1.65 bits per heavy atom. The monoisotopic (exact) mass is 496 g/mol. The van der Waals surface area contributed by atoms with Gasteiger partial charge in [0.2, 0.25) is 5.91 Å². The Labute approximate surface area is 218 Å². The van der Waals surface area contributed by atoms with E-state index < -0.39 is 0 Å². The van der Waals surface area contributed by atoms with Crippen LogP contribution in [0.4, 0.5) is 0 Å². The van der Waals surface area contributed by atoms with Crippen molar-refractivity contribution in [1.29, 1.82) is 0 Å². The first-order chi connectivity index (χ1) is 17.9. The minimum atomic E-state index is -0.363. The summed E-state index contributed by atoms with van der Waals surface area (Å²) in [6.45, 7) is 3.35. The van der Waals surface area contributed by atoms with Gasteiger partial charge in [-0.05, 0) is 68.9 Å². The third-order valence-corrected chi connectivity index (χ3v) is 7.66. The molecule has 3 aromatic carbocycles. The lowest BCUT2D eigenvalue weighted by molar-refractivity contribution is -0.139. The van der Waals surface area contributed by atoms with Crippen molar-refractivity contribution >= 4 is 27.6 Å². The predicted octanol–water partition coefficient (Wildman–Crippen LogP) is 5.57. The van der Waals surface area contributed by atoms with Crippen molar-refractivity contribution in [1.82, 2.24) is 19.4 Å². The fourth-order valence-corrected chi connectivity index (χ4v) is 5.52. The minimum Gasteiger partial charge on any atom is -0.331 e. The number of hydrogen-bond acceptors (Lipinski definition) is 4. The Balaban J connectivity index is 1.66. The Bertz CT molecular complexity index is 1470. The van der Waals surface area contributed by atoms with Gasteiger partial charge in [0.1, 0.15) is 5.82 Å². The smallest absolute Gasteiger partial charge is 0.266 e. The third kappa shape index (κ3) is 5.16. The molecule has 1 fully saturated rings. The number of aromatic nitrogens is 2. The summed E-state index contributed by atoms with van der Waals surface area (Å²) in [6, 6.07) is 21.3. The zero-order valence-corrected chi connectivity index (χ0v) is 22.1. The summed E-state index contributed by atoms with van der Waals surface area (Å²) < 4.78 is 1.72. The van der Waals surface area contributed by atoms with Crippen LogP contribution in [0, 0.1) is 5.92 Å². The second kappa shape index (κ2) is 10.9. The van der Waals surface area contributed by atoms with E-state index in [1.165, 1.54) is 6.42 Å². The summed E-state index contributed by atoms with van der Waals surface area (Å²) in [6.07, 6.45) is 5.27. The molecule has 0 spiro atoms. The van der Waals surface area contributed by atoms with Gasteiger partial charge in [-0.25, -0.2) is 4.98 Å². The average Bonchev–Trinajstić information content (AvgIpc) is 2.93. The van der Waals surface area contributed by atoms with Crippen LogP contribution in [0.2, 0.25) is 0 Å². The summed E-state index contributed by atoms with van der Waals surface area (Å²) in [5.41, 5.74) is 1.31. The quantitative estimate of drug-likeness (QED) is 0.336. The van der Waals surface area contributed by atoms with Gasteiger partial charge in [-0.1, -0.05) is 61.7 Å². The van der Waals surface area contributed by atoms with Crippen LogP contribution < -0.4 is 5.56 Å². The number of fused-ring (bicyclic) bond motifs is 2. The predicted molar refractivity (Wildman–Crippen MR) is 150 cm³/mol. The van der Waals surface area contributed by atoms with Gasteiger partial charge >= 0.3 is 0 Å². The highest BCUT2D eigenvalue weighted by Crippen LogP contribution is 2.30. The Hall–Kier alpha value is -3.51. The number of likely N-dealkylation sites (N-methyl/N-ethyl adjacent to an activating group) is 1. The molecule has 1 aliphatic rings. The molecule has 1 amide bonds. The van der Waals surface area contributed by atoms with Crippen molar-refractivity contribution in [2.24, 2.45) is 5.92 Å². The van der Waals surface area contributed by atoms with Gasteiger partial charge in [-0.15, -0.1) is 0 Å². The number of carbonyl (C=O) groups is 1. The van der Waals surface area contributed by atoms with Crippen molar-refractivity contribution in [3.8, 4) is 5.69 Å². The zero-order valence-electron chi connectivity index (χ0n) is 22.1. The normalized spacial score (nSPS) is 15.4. The second-order valence-electron chi connectivity index (χ2n) is 10.5. The van der Waals surface area contributed by atoms with E-state index in [9.17, 15) is 9.59 Å². The summed E-state index contributed by atoms with van der Waals surface area (Å²) in [7, 11) is 4.04. The summed E-state index contributed by atoms with van der Waals surface area (Å²) in [4.78, 5) is 36.9. The number of nitrogens with zero attached hydrogens (tertiary/aromatic N) is 4. The van der Waals surface area contributed by atoms with E-state index in [0.717, 1.165) is 48.7 Å². The van der Waals surface area contributed by atoms with Gasteiger partial charge in [0.05, 0.1) is 22.6 Å². The molecule has 1 unspecified atom stereocenters. The molecule has 0 radical (unpaired) electrons. The molecule has 5 rings (SSSR count). The minimum absolute atomic E-state index is 0.0414. The molecular formula is C31H36N4O2. The van der Waals surface area contributed by atoms with E-state index in [-0.39, 0.29) is 23.4 Å². The summed E-state index contributed by atoms with van der Waals surface area (Å²) in [5.74, 6) is 0.822. The zero-order chi connectivity index (χ0) is 25.9. The number of rotatable bonds is 7. The van der Waals surface area contributed by atoms with Gasteiger partial charge in [-0.3, -0.25) is 14.2 Å². The average molecular weight is 497 g/mol. The van der Waals surface area contributed by atoms with Gasteiger partial charge in [0, 0.05) is 19.0 Å². The standard InChI is InChI=1S/C31H36N4O2/c1-22(34(20-19-33(2)3)30(36)24-12-5-4-6-13-24)29-32-28-16-10-9-15-27(28)31(37)35(29)26-18-17-23-11-7-8-14-25(23)21-26/h7-11,14-18,21-22,24H,4-6,12-13,19-20H2,1-3H3. The number of para-hydroxylation sites is 1. The maximum Gasteiger partial charge on any atom is 0.266 e. The van der Waals surface area contributed by atoms with Crippen molar-refractivity contribution in [2.75, 3.05) is 27.2 Å². The highest BCUT2D eigenvalue weighted by molar-refractivity contribution is 5.85. The van der Waals surface area contributed by atoms with Gasteiger partial charge in [0.15, 0.2) is 0 Å². The first-order valence-electron chi connectivity index (χ1n) is 13.4. The topological polar surface area (TPSA) is 58.4 Å². The Morgan fingerprint density at radius 1 is 0.946 bits per heavy atom. The molecule has 1 aliphatic carbocycles. The van der Waals surface area contributed by atoms with Crippen molar-refractivity contribution in [3.05, 3.63) is 82.9 Å². The third-order valence-electron chi connectivity index (χ3n) is 7.66. The molecule has 0 saturated heterocycles. The van der Waals surface area contributed by atoms with Gasteiger partial charge < -0.3 is 9.80 Å². The number of amides is 1. The van der Waals surface area contributed by atoms with E-state index in [1.54, 1.807) is 4.57 Å². The van der Waals surface area contributed by atoms with Crippen molar-refractivity contribution in [3.63, 3.8) is 0 Å². The molecule has 37 heavy (non-hydrogen) atoms. The van der Waals surface area contributed by atoms with E-state index in [1.807, 2.05) is 80.5 Å². The first-order valence-corrected chi connectivity index (χ1v) is 13.4. The van der Waals surface area contributed by atoms with Crippen LogP contribution in [0.5, 0.6) is 0 Å². The van der Waals surface area contributed by atoms with Crippen LogP contribution >= 0.6 is 0 Å². The molecule has 6 heteroatoms. The lowest BCUT2D eigenvalue weighted by Crippen LogP contribution is -2.44. The fourth-order valence-electron chi connectivity index (χ4n) is 5.52. The first kappa shape index (κ1) is 25.2. The molecule has 1 saturated carbocycles. The molecular weight excluding hydrogens is 460 g/mol. The molecule has 0 N–H and O–H groups in total. The number of carbonyl (C=O) groups excluding carboxylic acids is 1. The lowest BCUT2D eigenvalue weighted by atomic mass is 9.88. The van der Waals surface area contributed by atoms with Crippen LogP contribution in [0.15, 0.2) is 71.5 Å². The second-order valence-corrected chi connectivity index (χ2v) is 10.5. The Kier molecular flexibility index (Phi) is 7.38.